The molecule has 0 bridgehead atoms. The van der Waals surface area contributed by atoms with E-state index in [0.717, 1.165) is 0 Å². The fourth-order valence-electron chi connectivity index (χ4n) is 9.05. The van der Waals surface area contributed by atoms with E-state index < -0.39 is 8.07 Å². The molecule has 0 saturated carbocycles. The van der Waals surface area contributed by atoms with Crippen molar-refractivity contribution in [2.24, 2.45) is 0 Å². The van der Waals surface area contributed by atoms with Crippen molar-refractivity contribution in [2.75, 3.05) is 0 Å². The summed E-state index contributed by atoms with van der Waals surface area (Å²) in [5.41, 5.74) is 13.1. The Bertz CT molecular complexity index is 2890. The maximum Gasteiger partial charge on any atom is 0.113 e. The van der Waals surface area contributed by atoms with E-state index in [9.17, 15) is 0 Å². The van der Waals surface area contributed by atoms with Gasteiger partial charge in [-0.2, -0.15) is 0 Å². The summed E-state index contributed by atoms with van der Waals surface area (Å²) in [6, 6.07) is 60.0. The smallest absolute Gasteiger partial charge is 0.0623 e. The van der Waals surface area contributed by atoms with Crippen molar-refractivity contribution in [3.05, 3.63) is 169 Å². The summed E-state index contributed by atoms with van der Waals surface area (Å²) in [6.07, 6.45) is 0. The molecule has 0 radical (unpaired) electrons. The molecule has 9 aromatic carbocycles. The van der Waals surface area contributed by atoms with E-state index in [-0.39, 0.29) is 0 Å². The molecule has 10 rings (SSSR count). The minimum atomic E-state index is -1.94. The maximum atomic E-state index is 2.61. The molecule has 0 nitrogen and oxygen atoms in total. The van der Waals surface area contributed by atoms with Crippen LogP contribution in [0.25, 0.3) is 87.6 Å². The average Bonchev–Trinajstić information content (AvgIpc) is 3.37. The number of hydrogen-bond donors (Lipinski definition) is 0. The van der Waals surface area contributed by atoms with E-state index >= 15 is 0 Å². The Morgan fingerprint density at radius 1 is 0.333 bits per heavy atom. The van der Waals surface area contributed by atoms with Gasteiger partial charge in [-0.15, -0.1) is 0 Å². The van der Waals surface area contributed by atoms with Crippen molar-refractivity contribution in [1.82, 2.24) is 0 Å². The highest BCUT2D eigenvalue weighted by Gasteiger charge is 2.38. The molecular weight excluding hydrogens is 629 g/mol. The van der Waals surface area contributed by atoms with Gasteiger partial charge in [0.05, 0.1) is 0 Å². The Labute approximate surface area is 300 Å². The Kier molecular flexibility index (Phi) is 6.56. The first-order valence-corrected chi connectivity index (χ1v) is 21.1. The Balaban J connectivity index is 1.38. The van der Waals surface area contributed by atoms with Gasteiger partial charge in [0.15, 0.2) is 0 Å². The predicted molar refractivity (Wildman–Crippen MR) is 224 cm³/mol. The topological polar surface area (TPSA) is 0 Å². The van der Waals surface area contributed by atoms with Gasteiger partial charge in [0, 0.05) is 0 Å². The van der Waals surface area contributed by atoms with Crippen molar-refractivity contribution >= 4 is 61.5 Å². The molecule has 0 fully saturated rings. The van der Waals surface area contributed by atoms with E-state index in [0.29, 0.717) is 0 Å². The summed E-state index contributed by atoms with van der Waals surface area (Å²) < 4.78 is 0. The molecule has 1 heteroatoms. The Hall–Kier alpha value is -5.76. The molecule has 0 N–H and O–H groups in total. The molecule has 1 aliphatic heterocycles. The molecule has 0 aromatic heterocycles. The third kappa shape index (κ3) is 4.65. The molecule has 0 saturated heterocycles. The van der Waals surface area contributed by atoms with Gasteiger partial charge in [-0.25, -0.2) is 0 Å². The standard InChI is InChI=1S/C50H38Si/c1-31-23-32(2)25-40(24-31)50-42-22-21-38(37-19-17-33-11-5-7-13-35(33)26-37)28-44(42)49(39-20-18-34-12-6-8-14-36(34)27-39)46-30-48-43(29-45(46)50)41-15-9-10-16-47(41)51(48,3)4/h5-30H,1-4H3. The van der Waals surface area contributed by atoms with Crippen LogP contribution in [0.15, 0.2) is 158 Å². The first-order valence-electron chi connectivity index (χ1n) is 18.1. The van der Waals surface area contributed by atoms with Crippen LogP contribution >= 0.6 is 0 Å². The number of benzene rings is 9. The van der Waals surface area contributed by atoms with E-state index in [4.69, 9.17) is 0 Å². The van der Waals surface area contributed by atoms with Crippen molar-refractivity contribution in [3.63, 3.8) is 0 Å². The lowest BCUT2D eigenvalue weighted by atomic mass is 9.83. The van der Waals surface area contributed by atoms with Gasteiger partial charge in [-0.1, -0.05) is 158 Å². The Morgan fingerprint density at radius 3 is 1.59 bits per heavy atom. The molecule has 0 aliphatic carbocycles. The van der Waals surface area contributed by atoms with Crippen LogP contribution in [0.3, 0.4) is 0 Å². The summed E-state index contributed by atoms with van der Waals surface area (Å²) in [7, 11) is -1.94. The predicted octanol–water partition coefficient (Wildman–Crippen LogP) is 12.7. The first-order chi connectivity index (χ1) is 24.8. The minimum Gasteiger partial charge on any atom is -0.0623 e. The van der Waals surface area contributed by atoms with Crippen LogP contribution in [0.2, 0.25) is 13.1 Å². The molecule has 51 heavy (non-hydrogen) atoms. The lowest BCUT2D eigenvalue weighted by Crippen LogP contribution is -2.49. The summed E-state index contributed by atoms with van der Waals surface area (Å²) in [6.45, 7) is 9.51. The van der Waals surface area contributed by atoms with Gasteiger partial charge < -0.3 is 0 Å². The van der Waals surface area contributed by atoms with E-state index in [1.165, 1.54) is 104 Å². The number of fused-ring (bicyclic) bond motifs is 7. The molecule has 0 atom stereocenters. The minimum absolute atomic E-state index is 1.24. The van der Waals surface area contributed by atoms with E-state index in [1.807, 2.05) is 0 Å². The van der Waals surface area contributed by atoms with Gasteiger partial charge in [0.2, 0.25) is 0 Å². The van der Waals surface area contributed by atoms with Crippen LogP contribution in [-0.4, -0.2) is 8.07 Å². The zero-order valence-electron chi connectivity index (χ0n) is 29.5. The highest BCUT2D eigenvalue weighted by Crippen LogP contribution is 2.47. The third-order valence-electron chi connectivity index (χ3n) is 11.4. The molecule has 1 heterocycles. The van der Waals surface area contributed by atoms with Crippen molar-refractivity contribution < 1.29 is 0 Å². The molecular formula is C50H38Si. The highest BCUT2D eigenvalue weighted by molar-refractivity contribution is 7.04. The summed E-state index contributed by atoms with van der Waals surface area (Å²) in [5, 5.41) is 13.4. The highest BCUT2D eigenvalue weighted by atomic mass is 28.3. The average molecular weight is 667 g/mol. The van der Waals surface area contributed by atoms with Crippen LogP contribution in [0.4, 0.5) is 0 Å². The lowest BCUT2D eigenvalue weighted by Gasteiger charge is -2.23. The normalized spacial score (nSPS) is 13.3. The molecule has 0 spiro atoms. The molecule has 9 aromatic rings. The number of hydrogen-bond acceptors (Lipinski definition) is 0. The molecule has 0 unspecified atom stereocenters. The van der Waals surface area contributed by atoms with Crippen molar-refractivity contribution in [3.8, 4) is 44.5 Å². The second kappa shape index (κ2) is 11.1. The van der Waals surface area contributed by atoms with Crippen LogP contribution in [0.1, 0.15) is 11.1 Å². The monoisotopic (exact) mass is 666 g/mol. The molecule has 1 aliphatic rings. The Morgan fingerprint density at radius 2 is 0.863 bits per heavy atom. The third-order valence-corrected chi connectivity index (χ3v) is 15.0. The van der Waals surface area contributed by atoms with Gasteiger partial charge in [-0.3, -0.25) is 0 Å². The quantitative estimate of drug-likeness (QED) is 0.130. The zero-order valence-corrected chi connectivity index (χ0v) is 30.5. The summed E-state index contributed by atoms with van der Waals surface area (Å²) in [5.74, 6) is 0. The first kappa shape index (κ1) is 30.1. The van der Waals surface area contributed by atoms with Crippen LogP contribution in [-0.2, 0) is 0 Å². The second-order valence-electron chi connectivity index (χ2n) is 15.1. The molecule has 0 amide bonds. The fourth-order valence-corrected chi connectivity index (χ4v) is 12.1. The van der Waals surface area contributed by atoms with Crippen molar-refractivity contribution in [2.45, 2.75) is 26.9 Å². The zero-order chi connectivity index (χ0) is 34.4. The largest absolute Gasteiger partial charge is 0.113 e. The number of aryl methyl sites for hydroxylation is 2. The van der Waals surface area contributed by atoms with Crippen LogP contribution in [0, 0.1) is 13.8 Å². The SMILES string of the molecule is Cc1cc(C)cc(-c2c3ccc(-c4ccc5ccccc5c4)cc3c(-c3ccc4ccccc4c3)c3cc4c(cc23)-c2ccccc2[Si]4(C)C)c1. The lowest BCUT2D eigenvalue weighted by molar-refractivity contribution is 1.39. The maximum absolute atomic E-state index is 2.61. The van der Waals surface area contributed by atoms with Crippen LogP contribution in [0.5, 0.6) is 0 Å². The van der Waals surface area contributed by atoms with E-state index in [1.54, 1.807) is 5.19 Å². The van der Waals surface area contributed by atoms with Gasteiger partial charge >= 0.3 is 0 Å². The summed E-state index contributed by atoms with van der Waals surface area (Å²) >= 11 is 0. The van der Waals surface area contributed by atoms with Gasteiger partial charge in [0.25, 0.3) is 0 Å². The fraction of sp³-hybridized carbons (Fsp3) is 0.0800. The second-order valence-corrected chi connectivity index (χ2v) is 19.5. The summed E-state index contributed by atoms with van der Waals surface area (Å²) in [4.78, 5) is 0. The number of rotatable bonds is 3. The van der Waals surface area contributed by atoms with Crippen LogP contribution < -0.4 is 10.4 Å². The molecule has 242 valence electrons. The van der Waals surface area contributed by atoms with Gasteiger partial charge in [0.1, 0.15) is 8.07 Å². The van der Waals surface area contributed by atoms with Gasteiger partial charge in [-0.05, 0) is 136 Å². The van der Waals surface area contributed by atoms with Crippen molar-refractivity contribution in [1.29, 1.82) is 0 Å². The van der Waals surface area contributed by atoms with E-state index in [2.05, 4.69) is 185 Å².